The van der Waals surface area contributed by atoms with Crippen molar-refractivity contribution >= 4 is 26.6 Å². The molecule has 9 heteroatoms. The molecule has 6 nitrogen and oxygen atoms in total. The third-order valence-electron chi connectivity index (χ3n) is 3.86. The van der Waals surface area contributed by atoms with Gasteiger partial charge >= 0.3 is 15.2 Å². The topological polar surface area (TPSA) is 82.5 Å². The van der Waals surface area contributed by atoms with Gasteiger partial charge in [0, 0.05) is 17.9 Å². The van der Waals surface area contributed by atoms with Crippen LogP contribution >= 0.6 is 11.3 Å². The summed E-state index contributed by atoms with van der Waals surface area (Å²) in [5, 5.41) is 2.64. The summed E-state index contributed by atoms with van der Waals surface area (Å²) in [4.78, 5) is -0.510. The molecule has 0 unspecified atom stereocenters. The minimum absolute atomic E-state index is 0.0645. The SMILES string of the molecule is Cc1cc(OCCC[n+]2ccsc2N)cc(OS(=O)(=O)c2ccccc2F)c1. The van der Waals surface area contributed by atoms with Gasteiger partial charge in [-0.25, -0.2) is 8.96 Å². The van der Waals surface area contributed by atoms with Crippen molar-refractivity contribution in [2.75, 3.05) is 12.3 Å². The van der Waals surface area contributed by atoms with E-state index in [9.17, 15) is 12.8 Å². The Hall–Kier alpha value is -2.65. The Kier molecular flexibility index (Phi) is 6.15. The lowest BCUT2D eigenvalue weighted by Crippen LogP contribution is -2.34. The summed E-state index contributed by atoms with van der Waals surface area (Å²) in [6.07, 6.45) is 2.63. The van der Waals surface area contributed by atoms with Crippen molar-refractivity contribution in [1.82, 2.24) is 0 Å². The molecule has 0 radical (unpaired) electrons. The molecule has 0 bridgehead atoms. The van der Waals surface area contributed by atoms with E-state index in [2.05, 4.69) is 0 Å². The molecule has 0 aliphatic rings. The largest absolute Gasteiger partial charge is 0.493 e. The van der Waals surface area contributed by atoms with E-state index in [1.165, 1.54) is 29.5 Å². The van der Waals surface area contributed by atoms with Crippen LogP contribution in [0.1, 0.15) is 12.0 Å². The van der Waals surface area contributed by atoms with Crippen LogP contribution in [0.15, 0.2) is 58.9 Å². The zero-order valence-corrected chi connectivity index (χ0v) is 16.8. The van der Waals surface area contributed by atoms with Crippen LogP contribution in [0, 0.1) is 12.7 Å². The number of nitrogen functional groups attached to an aromatic ring is 1. The predicted molar refractivity (Wildman–Crippen MR) is 104 cm³/mol. The maximum atomic E-state index is 13.8. The second-order valence-electron chi connectivity index (χ2n) is 6.09. The number of hydrogen-bond donors (Lipinski definition) is 1. The summed E-state index contributed by atoms with van der Waals surface area (Å²) < 4.78 is 51.3. The van der Waals surface area contributed by atoms with Crippen LogP contribution < -0.4 is 19.2 Å². The lowest BCUT2D eigenvalue weighted by atomic mass is 10.2. The van der Waals surface area contributed by atoms with E-state index in [0.29, 0.717) is 18.9 Å². The van der Waals surface area contributed by atoms with E-state index >= 15 is 0 Å². The van der Waals surface area contributed by atoms with Gasteiger partial charge in [-0.2, -0.15) is 8.42 Å². The Bertz CT molecular complexity index is 1070. The first-order chi connectivity index (χ1) is 13.3. The van der Waals surface area contributed by atoms with E-state index in [4.69, 9.17) is 14.7 Å². The number of aromatic nitrogens is 1. The molecule has 0 fully saturated rings. The number of halogens is 1. The van der Waals surface area contributed by atoms with Gasteiger partial charge in [0.2, 0.25) is 0 Å². The van der Waals surface area contributed by atoms with Crippen LogP contribution in [0.2, 0.25) is 0 Å². The van der Waals surface area contributed by atoms with E-state index < -0.39 is 20.8 Å². The second kappa shape index (κ2) is 8.57. The quantitative estimate of drug-likeness (QED) is 0.342. The molecule has 2 N–H and O–H groups in total. The molecule has 1 aromatic heterocycles. The average Bonchev–Trinajstić information content (AvgIpc) is 3.03. The van der Waals surface area contributed by atoms with Gasteiger partial charge in [-0.05, 0) is 36.8 Å². The Balaban J connectivity index is 1.66. The number of aryl methyl sites for hydroxylation is 2. The highest BCUT2D eigenvalue weighted by Crippen LogP contribution is 2.26. The van der Waals surface area contributed by atoms with Crippen molar-refractivity contribution in [3.8, 4) is 11.5 Å². The molecular formula is C19H20FN2O4S2+. The van der Waals surface area contributed by atoms with Gasteiger partial charge in [-0.1, -0.05) is 23.5 Å². The van der Waals surface area contributed by atoms with Gasteiger partial charge in [0.25, 0.3) is 0 Å². The van der Waals surface area contributed by atoms with Crippen molar-refractivity contribution < 1.29 is 26.3 Å². The summed E-state index contributed by atoms with van der Waals surface area (Å²) in [6, 6.07) is 9.86. The van der Waals surface area contributed by atoms with E-state index in [1.54, 1.807) is 19.1 Å². The number of nitrogens with zero attached hydrogens (tertiary/aromatic N) is 1. The molecule has 0 aliphatic carbocycles. The Morgan fingerprint density at radius 3 is 2.64 bits per heavy atom. The number of anilines is 1. The van der Waals surface area contributed by atoms with Crippen LogP contribution in [-0.2, 0) is 16.7 Å². The van der Waals surface area contributed by atoms with E-state index in [-0.39, 0.29) is 5.75 Å². The van der Waals surface area contributed by atoms with Gasteiger partial charge in [-0.15, -0.1) is 0 Å². The standard InChI is InChI=1S/C19H19FN2O4S2/c1-14-11-15(25-9-4-7-22-8-10-27-19(22)21)13-16(12-14)26-28(23,24)18-6-3-2-5-17(18)20/h2-3,5-6,8,10-13,21H,4,7,9H2,1H3/p+1. The van der Waals surface area contributed by atoms with Crippen molar-refractivity contribution in [3.05, 3.63) is 65.4 Å². The molecule has 0 amide bonds. The first kappa shape index (κ1) is 20.1. The third kappa shape index (κ3) is 4.99. The average molecular weight is 424 g/mol. The Morgan fingerprint density at radius 2 is 1.93 bits per heavy atom. The van der Waals surface area contributed by atoms with E-state index in [1.807, 2.05) is 16.1 Å². The van der Waals surface area contributed by atoms with E-state index in [0.717, 1.165) is 29.2 Å². The number of benzene rings is 2. The molecule has 0 saturated carbocycles. The third-order valence-corrected chi connectivity index (χ3v) is 5.88. The molecule has 0 aliphatic heterocycles. The number of ether oxygens (including phenoxy) is 1. The van der Waals surface area contributed by atoms with Crippen LogP contribution in [0.5, 0.6) is 11.5 Å². The van der Waals surface area contributed by atoms with Crippen LogP contribution in [0.3, 0.4) is 0 Å². The number of rotatable bonds is 8. The fourth-order valence-electron chi connectivity index (χ4n) is 2.59. The maximum Gasteiger partial charge on any atom is 0.342 e. The van der Waals surface area contributed by atoms with Crippen molar-refractivity contribution in [1.29, 1.82) is 0 Å². The second-order valence-corrected chi connectivity index (χ2v) is 8.53. The minimum atomic E-state index is -4.28. The molecule has 28 heavy (non-hydrogen) atoms. The maximum absolute atomic E-state index is 13.8. The number of nitrogens with two attached hydrogens (primary N) is 1. The lowest BCUT2D eigenvalue weighted by molar-refractivity contribution is -0.679. The van der Waals surface area contributed by atoms with Gasteiger partial charge < -0.3 is 8.92 Å². The highest BCUT2D eigenvalue weighted by Gasteiger charge is 2.21. The summed E-state index contributed by atoms with van der Waals surface area (Å²) in [6.45, 7) is 2.93. The monoisotopic (exact) mass is 423 g/mol. The molecule has 0 spiro atoms. The number of hydrogen-bond acceptors (Lipinski definition) is 6. The van der Waals surface area contributed by atoms with Crippen molar-refractivity contribution in [2.24, 2.45) is 0 Å². The first-order valence-corrected chi connectivity index (χ1v) is 10.8. The normalized spacial score (nSPS) is 11.4. The van der Waals surface area contributed by atoms with Crippen molar-refractivity contribution in [3.63, 3.8) is 0 Å². The van der Waals surface area contributed by atoms with Crippen LogP contribution in [0.4, 0.5) is 9.52 Å². The highest BCUT2D eigenvalue weighted by molar-refractivity contribution is 7.87. The van der Waals surface area contributed by atoms with Crippen molar-refractivity contribution in [2.45, 2.75) is 24.8 Å². The molecule has 3 rings (SSSR count). The van der Waals surface area contributed by atoms with Gasteiger partial charge in [0.15, 0.2) is 0 Å². The summed E-state index contributed by atoms with van der Waals surface area (Å²) in [7, 11) is -4.28. The lowest BCUT2D eigenvalue weighted by Gasteiger charge is -2.11. The molecule has 0 saturated heterocycles. The molecule has 1 heterocycles. The Morgan fingerprint density at radius 1 is 1.18 bits per heavy atom. The summed E-state index contributed by atoms with van der Waals surface area (Å²) in [5.41, 5.74) is 6.59. The van der Waals surface area contributed by atoms with Gasteiger partial charge in [0.1, 0.15) is 28.4 Å². The van der Waals surface area contributed by atoms with Crippen LogP contribution in [0.25, 0.3) is 0 Å². The van der Waals surface area contributed by atoms with Gasteiger partial charge in [-0.3, -0.25) is 5.73 Å². The smallest absolute Gasteiger partial charge is 0.342 e. The molecule has 2 aromatic carbocycles. The fourth-order valence-corrected chi connectivity index (χ4v) is 4.22. The van der Waals surface area contributed by atoms with Crippen LogP contribution in [-0.4, -0.2) is 15.0 Å². The molecule has 148 valence electrons. The number of thiazole rings is 1. The fraction of sp³-hybridized carbons (Fsp3) is 0.211. The highest BCUT2D eigenvalue weighted by atomic mass is 32.2. The zero-order chi connectivity index (χ0) is 20.1. The minimum Gasteiger partial charge on any atom is -0.493 e. The Labute approximate surface area is 167 Å². The predicted octanol–water partition coefficient (Wildman–Crippen LogP) is 3.30. The molecule has 0 atom stereocenters. The first-order valence-electron chi connectivity index (χ1n) is 8.51. The zero-order valence-electron chi connectivity index (χ0n) is 15.2. The molecular weight excluding hydrogens is 403 g/mol. The molecule has 3 aromatic rings. The summed E-state index contributed by atoms with van der Waals surface area (Å²) >= 11 is 1.47. The summed E-state index contributed by atoms with van der Waals surface area (Å²) in [5.74, 6) is -0.325. The van der Waals surface area contributed by atoms with Gasteiger partial charge in [0.05, 0.1) is 13.2 Å².